The van der Waals surface area contributed by atoms with E-state index in [4.69, 9.17) is 0 Å². The van der Waals surface area contributed by atoms with Crippen LogP contribution in [0.3, 0.4) is 0 Å². The number of rotatable bonds is 3. The molecule has 1 heterocycles. The first-order valence-corrected chi connectivity index (χ1v) is 6.25. The topological polar surface area (TPSA) is 77.3 Å². The minimum absolute atomic E-state index is 0.00613. The van der Waals surface area contributed by atoms with Gasteiger partial charge in [0.15, 0.2) is 5.37 Å². The van der Waals surface area contributed by atoms with Crippen molar-refractivity contribution in [1.29, 1.82) is 0 Å². The van der Waals surface area contributed by atoms with Gasteiger partial charge < -0.3 is 0 Å². The minimum atomic E-state index is -0.482. The molecule has 2 unspecified atom stereocenters. The van der Waals surface area contributed by atoms with Crippen molar-refractivity contribution >= 4 is 29.8 Å². The molecule has 7 heteroatoms. The standard InChI is InChI=1S/C11H11N2O4S/c1-13(7-14)10(15)6-18-11(13)8-2-4-9(5-3-8)12(16)17/h2-5,7,11H,6H2,1H3/q+1. The van der Waals surface area contributed by atoms with Crippen molar-refractivity contribution in [3.05, 3.63) is 39.9 Å². The number of nitrogens with zero attached hydrogens (tertiary/aromatic N) is 2. The second kappa shape index (κ2) is 4.51. The molecule has 1 aliphatic rings. The molecular formula is C11H11N2O4S+. The molecule has 0 bridgehead atoms. The highest BCUT2D eigenvalue weighted by atomic mass is 32.2. The normalized spacial score (nSPS) is 27.2. The maximum Gasteiger partial charge on any atom is 0.332 e. The van der Waals surface area contributed by atoms with Gasteiger partial charge in [-0.3, -0.25) is 10.1 Å². The molecular weight excluding hydrogens is 256 g/mol. The maximum atomic E-state index is 11.7. The molecule has 0 aliphatic carbocycles. The third-order valence-corrected chi connectivity index (χ3v) is 4.44. The van der Waals surface area contributed by atoms with E-state index in [1.54, 1.807) is 19.2 Å². The molecule has 2 amide bonds. The molecule has 0 saturated carbocycles. The Morgan fingerprint density at radius 2 is 2.06 bits per heavy atom. The van der Waals surface area contributed by atoms with Crippen LogP contribution < -0.4 is 0 Å². The third kappa shape index (κ3) is 1.91. The predicted octanol–water partition coefficient (Wildman–Crippen LogP) is 1.47. The van der Waals surface area contributed by atoms with E-state index in [1.165, 1.54) is 23.9 Å². The van der Waals surface area contributed by atoms with E-state index in [1.807, 2.05) is 0 Å². The highest BCUT2D eigenvalue weighted by molar-refractivity contribution is 8.00. The quantitative estimate of drug-likeness (QED) is 0.359. The number of carbonyl (C=O) groups is 2. The fourth-order valence-corrected chi connectivity index (χ4v) is 3.26. The summed E-state index contributed by atoms with van der Waals surface area (Å²) in [4.78, 5) is 32.9. The van der Waals surface area contributed by atoms with Crippen LogP contribution in [-0.2, 0) is 9.59 Å². The van der Waals surface area contributed by atoms with E-state index in [0.29, 0.717) is 6.41 Å². The fourth-order valence-electron chi connectivity index (χ4n) is 1.86. The number of non-ortho nitro benzene ring substituents is 1. The van der Waals surface area contributed by atoms with Crippen LogP contribution in [0.25, 0.3) is 0 Å². The van der Waals surface area contributed by atoms with Gasteiger partial charge in [0, 0.05) is 17.7 Å². The lowest BCUT2D eigenvalue weighted by Crippen LogP contribution is -2.45. The summed E-state index contributed by atoms with van der Waals surface area (Å²) in [6.45, 7) is 0. The Labute approximate surface area is 107 Å². The Kier molecular flexibility index (Phi) is 3.18. The zero-order valence-corrected chi connectivity index (χ0v) is 10.4. The van der Waals surface area contributed by atoms with Gasteiger partial charge in [0.25, 0.3) is 5.69 Å². The van der Waals surface area contributed by atoms with Crippen molar-refractivity contribution in [3.63, 3.8) is 0 Å². The van der Waals surface area contributed by atoms with Crippen LogP contribution in [0.15, 0.2) is 24.3 Å². The van der Waals surface area contributed by atoms with Gasteiger partial charge in [-0.05, 0) is 12.1 Å². The minimum Gasteiger partial charge on any atom is -0.258 e. The molecule has 1 aliphatic heterocycles. The summed E-state index contributed by atoms with van der Waals surface area (Å²) in [5.74, 6) is 0.120. The lowest BCUT2D eigenvalue weighted by Gasteiger charge is -2.25. The van der Waals surface area contributed by atoms with Crippen LogP contribution in [0.4, 0.5) is 5.69 Å². The van der Waals surface area contributed by atoms with E-state index in [9.17, 15) is 19.7 Å². The SMILES string of the molecule is C[N+]1(C=O)C(=O)CSC1c1ccc([N+](=O)[O-])cc1. The largest absolute Gasteiger partial charge is 0.332 e. The molecule has 0 aromatic heterocycles. The second-order valence-corrected chi connectivity index (χ2v) is 5.23. The van der Waals surface area contributed by atoms with Crippen molar-refractivity contribution in [2.24, 2.45) is 0 Å². The van der Waals surface area contributed by atoms with Gasteiger partial charge in [-0.2, -0.15) is 4.48 Å². The van der Waals surface area contributed by atoms with Gasteiger partial charge in [0.1, 0.15) is 5.75 Å². The summed E-state index contributed by atoms with van der Waals surface area (Å²) in [7, 11) is 1.56. The summed E-state index contributed by atoms with van der Waals surface area (Å²) < 4.78 is -0.317. The molecule has 0 N–H and O–H groups in total. The van der Waals surface area contributed by atoms with Crippen LogP contribution in [0.2, 0.25) is 0 Å². The Bertz CT molecular complexity index is 516. The first-order chi connectivity index (χ1) is 8.49. The highest BCUT2D eigenvalue weighted by Crippen LogP contribution is 2.42. The van der Waals surface area contributed by atoms with Gasteiger partial charge in [-0.1, -0.05) is 11.8 Å². The first-order valence-electron chi connectivity index (χ1n) is 5.20. The number of quaternary nitrogens is 1. The molecule has 6 nitrogen and oxygen atoms in total. The van der Waals surface area contributed by atoms with Gasteiger partial charge in [-0.15, -0.1) is 0 Å². The predicted molar refractivity (Wildman–Crippen MR) is 65.6 cm³/mol. The Morgan fingerprint density at radius 1 is 1.44 bits per heavy atom. The van der Waals surface area contributed by atoms with Crippen molar-refractivity contribution in [2.75, 3.05) is 12.8 Å². The molecule has 0 spiro atoms. The number of nitro benzene ring substituents is 1. The summed E-state index contributed by atoms with van der Waals surface area (Å²) in [5, 5.41) is 10.2. The highest BCUT2D eigenvalue weighted by Gasteiger charge is 2.48. The summed E-state index contributed by atoms with van der Waals surface area (Å²) in [6.07, 6.45) is 0.619. The molecule has 2 rings (SSSR count). The number of amides is 2. The Balaban J connectivity index is 2.34. The second-order valence-electron chi connectivity index (χ2n) is 4.16. The average molecular weight is 267 g/mol. The van der Waals surface area contributed by atoms with Crippen LogP contribution in [0.5, 0.6) is 0 Å². The number of nitro groups is 1. The molecule has 1 fully saturated rings. The summed E-state index contributed by atoms with van der Waals surface area (Å²) in [5.41, 5.74) is 0.736. The zero-order chi connectivity index (χ0) is 13.3. The number of imide groups is 1. The van der Waals surface area contributed by atoms with E-state index in [0.717, 1.165) is 5.56 Å². The molecule has 94 valence electrons. The average Bonchev–Trinajstić information content (AvgIpc) is 2.67. The number of thioether (sulfide) groups is 1. The smallest absolute Gasteiger partial charge is 0.258 e. The Morgan fingerprint density at radius 3 is 2.56 bits per heavy atom. The van der Waals surface area contributed by atoms with Crippen LogP contribution in [0, 0.1) is 10.1 Å². The van der Waals surface area contributed by atoms with Crippen molar-refractivity contribution in [2.45, 2.75) is 5.37 Å². The third-order valence-electron chi connectivity index (χ3n) is 3.00. The van der Waals surface area contributed by atoms with Crippen LogP contribution in [0.1, 0.15) is 10.9 Å². The molecule has 1 aromatic carbocycles. The van der Waals surface area contributed by atoms with E-state index < -0.39 is 4.92 Å². The Hall–Kier alpha value is -1.73. The van der Waals surface area contributed by atoms with Crippen molar-refractivity contribution in [1.82, 2.24) is 0 Å². The van der Waals surface area contributed by atoms with Crippen LogP contribution in [-0.4, -0.2) is 34.5 Å². The zero-order valence-electron chi connectivity index (χ0n) is 9.61. The van der Waals surface area contributed by atoms with E-state index >= 15 is 0 Å². The van der Waals surface area contributed by atoms with Gasteiger partial charge in [-0.25, -0.2) is 9.59 Å². The molecule has 1 saturated heterocycles. The van der Waals surface area contributed by atoms with Gasteiger partial charge in [0.2, 0.25) is 0 Å². The lowest BCUT2D eigenvalue weighted by molar-refractivity contribution is -0.759. The first kappa shape index (κ1) is 12.7. The van der Waals surface area contributed by atoms with E-state index in [-0.39, 0.29) is 27.2 Å². The van der Waals surface area contributed by atoms with Gasteiger partial charge >= 0.3 is 12.3 Å². The fraction of sp³-hybridized carbons (Fsp3) is 0.273. The number of hydrogen-bond donors (Lipinski definition) is 0. The summed E-state index contributed by atoms with van der Waals surface area (Å²) in [6, 6.07) is 5.95. The van der Waals surface area contributed by atoms with Gasteiger partial charge in [0.05, 0.1) is 12.0 Å². The monoisotopic (exact) mass is 267 g/mol. The maximum absolute atomic E-state index is 11.7. The van der Waals surface area contributed by atoms with Crippen LogP contribution >= 0.6 is 11.8 Å². The number of carbonyl (C=O) groups excluding carboxylic acids is 2. The molecule has 0 radical (unpaired) electrons. The summed E-state index contributed by atoms with van der Waals surface area (Å²) >= 11 is 1.37. The van der Waals surface area contributed by atoms with Crippen molar-refractivity contribution < 1.29 is 19.0 Å². The molecule has 18 heavy (non-hydrogen) atoms. The van der Waals surface area contributed by atoms with E-state index in [2.05, 4.69) is 0 Å². The molecule has 1 aromatic rings. The van der Waals surface area contributed by atoms with Crippen molar-refractivity contribution in [3.8, 4) is 0 Å². The lowest BCUT2D eigenvalue weighted by atomic mass is 10.2. The molecule has 2 atom stereocenters. The number of hydrogen-bond acceptors (Lipinski definition) is 5. The number of benzene rings is 1.